The summed E-state index contributed by atoms with van der Waals surface area (Å²) in [5.74, 6) is 0.805. The molecule has 20 heavy (non-hydrogen) atoms. The molecule has 0 heterocycles. The van der Waals surface area contributed by atoms with Crippen LogP contribution in [0.5, 0.6) is 11.5 Å². The third-order valence-electron chi connectivity index (χ3n) is 3.31. The van der Waals surface area contributed by atoms with Gasteiger partial charge in [-0.25, -0.2) is 0 Å². The second-order valence-corrected chi connectivity index (χ2v) is 5.33. The lowest BCUT2D eigenvalue weighted by atomic mass is 10.3. The number of ether oxygens (including phenoxy) is 2. The highest BCUT2D eigenvalue weighted by molar-refractivity contribution is 6.29. The Balaban J connectivity index is 1.82. The van der Waals surface area contributed by atoms with Crippen LogP contribution in [0, 0.1) is 5.92 Å². The van der Waals surface area contributed by atoms with Crippen LogP contribution in [0.2, 0.25) is 0 Å². The van der Waals surface area contributed by atoms with E-state index in [0.29, 0.717) is 11.5 Å². The van der Waals surface area contributed by atoms with Crippen molar-refractivity contribution in [1.82, 2.24) is 0 Å². The largest absolute Gasteiger partial charge is 0.452 e. The van der Waals surface area contributed by atoms with Crippen molar-refractivity contribution in [2.75, 3.05) is 0 Å². The average molecular weight is 287 g/mol. The maximum Gasteiger partial charge on any atom is 0.260 e. The molecule has 102 valence electrons. The van der Waals surface area contributed by atoms with Gasteiger partial charge >= 0.3 is 0 Å². The van der Waals surface area contributed by atoms with E-state index in [0.717, 1.165) is 11.5 Å². The van der Waals surface area contributed by atoms with Crippen LogP contribution in [0.15, 0.2) is 72.3 Å². The molecule has 0 radical (unpaired) electrons. The van der Waals surface area contributed by atoms with Gasteiger partial charge in [0.25, 0.3) is 5.79 Å². The Morgan fingerprint density at radius 3 is 1.75 bits per heavy atom. The maximum absolute atomic E-state index is 6.04. The average Bonchev–Trinajstić information content (AvgIpc) is 3.15. The molecule has 1 aliphatic carbocycles. The van der Waals surface area contributed by atoms with Crippen LogP contribution in [-0.4, -0.2) is 5.79 Å². The second-order valence-electron chi connectivity index (χ2n) is 4.85. The molecule has 1 aliphatic rings. The topological polar surface area (TPSA) is 18.5 Å². The zero-order valence-electron chi connectivity index (χ0n) is 11.0. The van der Waals surface area contributed by atoms with Crippen molar-refractivity contribution in [3.63, 3.8) is 0 Å². The van der Waals surface area contributed by atoms with E-state index in [1.807, 2.05) is 60.7 Å². The lowest BCUT2D eigenvalue weighted by Gasteiger charge is -2.21. The molecule has 3 rings (SSSR count). The van der Waals surface area contributed by atoms with Crippen LogP contribution in [-0.2, 0) is 0 Å². The molecule has 0 N–H and O–H groups in total. The summed E-state index contributed by atoms with van der Waals surface area (Å²) in [7, 11) is 0. The van der Waals surface area contributed by atoms with Gasteiger partial charge in [0.15, 0.2) is 0 Å². The van der Waals surface area contributed by atoms with E-state index in [2.05, 4.69) is 6.58 Å². The summed E-state index contributed by atoms with van der Waals surface area (Å²) in [5.41, 5.74) is 0. The lowest BCUT2D eigenvalue weighted by Crippen LogP contribution is -2.29. The van der Waals surface area contributed by atoms with Crippen LogP contribution in [0.1, 0.15) is 6.42 Å². The smallest absolute Gasteiger partial charge is 0.260 e. The van der Waals surface area contributed by atoms with Crippen molar-refractivity contribution in [1.29, 1.82) is 0 Å². The Kier molecular flexibility index (Phi) is 3.41. The van der Waals surface area contributed by atoms with E-state index in [9.17, 15) is 0 Å². The fourth-order valence-electron chi connectivity index (χ4n) is 2.20. The van der Waals surface area contributed by atoms with Crippen molar-refractivity contribution in [2.24, 2.45) is 5.92 Å². The minimum absolute atomic E-state index is 0.00424. The molecule has 2 nitrogen and oxygen atoms in total. The van der Waals surface area contributed by atoms with Crippen molar-refractivity contribution < 1.29 is 9.47 Å². The first-order valence-electron chi connectivity index (χ1n) is 6.52. The normalized spacial score (nSPS) is 19.1. The summed E-state index contributed by atoms with van der Waals surface area (Å²) in [6.07, 6.45) is 0.707. The van der Waals surface area contributed by atoms with E-state index < -0.39 is 5.79 Å². The number of hydrogen-bond acceptors (Lipinski definition) is 2. The first kappa shape index (κ1) is 13.1. The number of para-hydroxylation sites is 2. The molecule has 0 bridgehead atoms. The van der Waals surface area contributed by atoms with Gasteiger partial charge in [-0.05, 0) is 24.3 Å². The van der Waals surface area contributed by atoms with Crippen molar-refractivity contribution in [3.8, 4) is 11.5 Å². The third-order valence-corrected chi connectivity index (χ3v) is 3.57. The molecular weight excluding hydrogens is 272 g/mol. The number of hydrogen-bond donors (Lipinski definition) is 0. The number of halogens is 1. The number of rotatable bonds is 5. The quantitative estimate of drug-likeness (QED) is 0.747. The third kappa shape index (κ3) is 2.66. The van der Waals surface area contributed by atoms with Gasteiger partial charge in [0.05, 0.1) is 5.92 Å². The van der Waals surface area contributed by atoms with Gasteiger partial charge in [-0.2, -0.15) is 0 Å². The van der Waals surface area contributed by atoms with Crippen LogP contribution in [0.3, 0.4) is 0 Å². The van der Waals surface area contributed by atoms with E-state index in [1.54, 1.807) is 0 Å². The second kappa shape index (κ2) is 5.22. The molecule has 0 aromatic heterocycles. The predicted octanol–water partition coefficient (Wildman–Crippen LogP) is 4.61. The first-order chi connectivity index (χ1) is 9.70. The molecule has 1 fully saturated rings. The summed E-state index contributed by atoms with van der Waals surface area (Å²) < 4.78 is 12.0. The van der Waals surface area contributed by atoms with Crippen LogP contribution in [0.4, 0.5) is 0 Å². The van der Waals surface area contributed by atoms with Gasteiger partial charge in [-0.1, -0.05) is 54.6 Å². The number of benzene rings is 2. The molecule has 0 saturated heterocycles. The zero-order chi connectivity index (χ0) is 14.0. The Morgan fingerprint density at radius 1 is 0.950 bits per heavy atom. The molecule has 2 aromatic carbocycles. The molecule has 1 atom stereocenters. The summed E-state index contributed by atoms with van der Waals surface area (Å²) in [6, 6.07) is 19.2. The Labute approximate surface area is 123 Å². The molecular formula is C17H15ClO2. The first-order valence-corrected chi connectivity index (χ1v) is 6.90. The van der Waals surface area contributed by atoms with Crippen molar-refractivity contribution in [3.05, 3.63) is 72.3 Å². The Morgan fingerprint density at radius 2 is 1.40 bits per heavy atom. The SMILES string of the molecule is C=C(Cl)C1CC1(Oc1ccccc1)Oc1ccccc1. The molecule has 2 aromatic rings. The van der Waals surface area contributed by atoms with Crippen LogP contribution in [0.25, 0.3) is 0 Å². The summed E-state index contributed by atoms with van der Waals surface area (Å²) in [6.45, 7) is 3.80. The summed E-state index contributed by atoms with van der Waals surface area (Å²) >= 11 is 6.04. The highest BCUT2D eigenvalue weighted by Crippen LogP contribution is 2.52. The van der Waals surface area contributed by atoms with E-state index in [4.69, 9.17) is 21.1 Å². The molecule has 3 heteroatoms. The lowest BCUT2D eigenvalue weighted by molar-refractivity contribution is -0.0310. The summed E-state index contributed by atoms with van der Waals surface area (Å²) in [4.78, 5) is 0. The van der Waals surface area contributed by atoms with E-state index >= 15 is 0 Å². The molecule has 0 amide bonds. The van der Waals surface area contributed by atoms with Gasteiger partial charge in [0.1, 0.15) is 11.5 Å². The summed E-state index contributed by atoms with van der Waals surface area (Å²) in [5, 5.41) is 0.567. The predicted molar refractivity (Wildman–Crippen MR) is 80.0 cm³/mol. The maximum atomic E-state index is 6.04. The zero-order valence-corrected chi connectivity index (χ0v) is 11.7. The van der Waals surface area contributed by atoms with Gasteiger partial charge < -0.3 is 9.47 Å². The van der Waals surface area contributed by atoms with Crippen molar-refractivity contribution >= 4 is 11.6 Å². The molecule has 1 unspecified atom stereocenters. The monoisotopic (exact) mass is 286 g/mol. The van der Waals surface area contributed by atoms with Crippen molar-refractivity contribution in [2.45, 2.75) is 12.2 Å². The Hall–Kier alpha value is -1.93. The van der Waals surface area contributed by atoms with Gasteiger partial charge in [-0.3, -0.25) is 0 Å². The fourth-order valence-corrected chi connectivity index (χ4v) is 2.44. The van der Waals surface area contributed by atoms with Crippen LogP contribution < -0.4 is 9.47 Å². The van der Waals surface area contributed by atoms with Crippen LogP contribution >= 0.6 is 11.6 Å². The standard InChI is InChI=1S/C17H15ClO2/c1-13(18)16-12-17(16,19-14-8-4-2-5-9-14)20-15-10-6-3-7-11-15/h2-11,16H,1,12H2. The Bertz CT molecular complexity index is 553. The molecule has 1 saturated carbocycles. The fraction of sp³-hybridized carbons (Fsp3) is 0.176. The van der Waals surface area contributed by atoms with E-state index in [1.165, 1.54) is 0 Å². The minimum atomic E-state index is -0.735. The highest BCUT2D eigenvalue weighted by atomic mass is 35.5. The van der Waals surface area contributed by atoms with Gasteiger partial charge in [-0.15, -0.1) is 0 Å². The minimum Gasteiger partial charge on any atom is -0.452 e. The highest BCUT2D eigenvalue weighted by Gasteiger charge is 2.61. The van der Waals surface area contributed by atoms with E-state index in [-0.39, 0.29) is 5.92 Å². The van der Waals surface area contributed by atoms with Gasteiger partial charge in [0.2, 0.25) is 0 Å². The van der Waals surface area contributed by atoms with Gasteiger partial charge in [0, 0.05) is 11.5 Å². The molecule has 0 spiro atoms. The molecule has 0 aliphatic heterocycles.